The van der Waals surface area contributed by atoms with E-state index in [-0.39, 0.29) is 16.7 Å². The smallest absolute Gasteiger partial charge is 0.300 e. The monoisotopic (exact) mass is 499 g/mol. The molecular weight excluding hydrogens is 466 g/mol. The second-order valence-corrected chi connectivity index (χ2v) is 10.4. The number of rotatable bonds is 5. The van der Waals surface area contributed by atoms with Crippen molar-refractivity contribution >= 4 is 23.1 Å². The van der Waals surface area contributed by atoms with Gasteiger partial charge in [-0.05, 0) is 71.8 Å². The van der Waals surface area contributed by atoms with E-state index < -0.39 is 17.7 Å². The lowest BCUT2D eigenvalue weighted by Gasteiger charge is -2.27. The van der Waals surface area contributed by atoms with Crippen molar-refractivity contribution in [2.24, 2.45) is 0 Å². The second-order valence-electron chi connectivity index (χ2n) is 10.4. The summed E-state index contributed by atoms with van der Waals surface area (Å²) in [5.74, 6) is -0.630. The molecule has 1 heterocycles. The molecule has 1 aliphatic heterocycles. The van der Waals surface area contributed by atoms with E-state index in [0.29, 0.717) is 28.3 Å². The number of hydrogen-bond acceptors (Lipinski definition) is 5. The first kappa shape index (κ1) is 26.0. The summed E-state index contributed by atoms with van der Waals surface area (Å²) < 4.78 is 10.9. The highest BCUT2D eigenvalue weighted by Gasteiger charge is 2.47. The zero-order valence-corrected chi connectivity index (χ0v) is 22.4. The standard InChI is InChI=1S/C31H33NO5/c1-18-16-19(2)29(37-7)24(17-18)27(33)25-26(20-8-10-21(11-9-20)31(3,4)5)32(30(35)28(25)34)22-12-14-23(36-6)15-13-22/h8-17,26,33H,1-7H3/b27-25+. The third-order valence-corrected chi connectivity index (χ3v) is 6.77. The molecule has 0 bridgehead atoms. The number of methoxy groups -OCH3 is 2. The molecule has 192 valence electrons. The van der Waals surface area contributed by atoms with Crippen molar-refractivity contribution in [3.05, 3.63) is 94.1 Å². The van der Waals surface area contributed by atoms with Gasteiger partial charge in [-0.1, -0.05) is 51.1 Å². The lowest BCUT2D eigenvalue weighted by molar-refractivity contribution is -0.132. The summed E-state index contributed by atoms with van der Waals surface area (Å²) in [5.41, 5.74) is 4.41. The van der Waals surface area contributed by atoms with E-state index >= 15 is 0 Å². The Kier molecular flexibility index (Phi) is 6.87. The first-order chi connectivity index (χ1) is 17.5. The van der Waals surface area contributed by atoms with Crippen molar-refractivity contribution in [3.8, 4) is 11.5 Å². The minimum atomic E-state index is -0.826. The van der Waals surface area contributed by atoms with Crippen LogP contribution in [0, 0.1) is 13.8 Å². The highest BCUT2D eigenvalue weighted by atomic mass is 16.5. The fourth-order valence-corrected chi connectivity index (χ4v) is 4.87. The van der Waals surface area contributed by atoms with Crippen molar-refractivity contribution in [2.45, 2.75) is 46.1 Å². The highest BCUT2D eigenvalue weighted by molar-refractivity contribution is 6.51. The number of aryl methyl sites for hydroxylation is 2. The van der Waals surface area contributed by atoms with Gasteiger partial charge >= 0.3 is 0 Å². The van der Waals surface area contributed by atoms with Crippen LogP contribution in [0.1, 0.15) is 54.6 Å². The van der Waals surface area contributed by atoms with Gasteiger partial charge in [-0.15, -0.1) is 0 Å². The minimum absolute atomic E-state index is 0.0210. The molecular formula is C31H33NO5. The highest BCUT2D eigenvalue weighted by Crippen LogP contribution is 2.44. The topological polar surface area (TPSA) is 76.1 Å². The van der Waals surface area contributed by atoms with E-state index in [1.54, 1.807) is 37.4 Å². The molecule has 1 N–H and O–H groups in total. The van der Waals surface area contributed by atoms with Crippen LogP contribution in [0.15, 0.2) is 66.2 Å². The van der Waals surface area contributed by atoms with Crippen molar-refractivity contribution < 1.29 is 24.2 Å². The Hall–Kier alpha value is -4.06. The Bertz CT molecular complexity index is 1380. The summed E-state index contributed by atoms with van der Waals surface area (Å²) in [6.07, 6.45) is 0. The fourth-order valence-electron chi connectivity index (χ4n) is 4.87. The van der Waals surface area contributed by atoms with Crippen LogP contribution >= 0.6 is 0 Å². The maximum atomic E-state index is 13.5. The van der Waals surface area contributed by atoms with E-state index in [9.17, 15) is 14.7 Å². The Balaban J connectivity index is 1.97. The lowest BCUT2D eigenvalue weighted by atomic mass is 9.85. The molecule has 6 heteroatoms. The molecule has 3 aromatic carbocycles. The molecule has 1 fully saturated rings. The molecule has 0 radical (unpaired) electrons. The Labute approximate surface area is 218 Å². The van der Waals surface area contributed by atoms with E-state index in [1.165, 1.54) is 12.0 Å². The largest absolute Gasteiger partial charge is 0.507 e. The molecule has 37 heavy (non-hydrogen) atoms. The number of ketones is 1. The first-order valence-electron chi connectivity index (χ1n) is 12.2. The van der Waals surface area contributed by atoms with Crippen LogP contribution in [-0.2, 0) is 15.0 Å². The van der Waals surface area contributed by atoms with E-state index in [1.807, 2.05) is 44.2 Å². The number of Topliss-reactive ketones (excluding diaryl/α,β-unsaturated/α-hetero) is 1. The van der Waals surface area contributed by atoms with Crippen LogP contribution < -0.4 is 14.4 Å². The second kappa shape index (κ2) is 9.77. The summed E-state index contributed by atoms with van der Waals surface area (Å²) in [6.45, 7) is 10.1. The number of amides is 1. The van der Waals surface area contributed by atoms with Gasteiger partial charge < -0.3 is 14.6 Å². The molecule has 4 rings (SSSR count). The van der Waals surface area contributed by atoms with Gasteiger partial charge in [0.05, 0.1) is 31.4 Å². The third kappa shape index (κ3) is 4.71. The predicted octanol–water partition coefficient (Wildman–Crippen LogP) is 6.24. The quantitative estimate of drug-likeness (QED) is 0.255. The van der Waals surface area contributed by atoms with Gasteiger partial charge in [-0.3, -0.25) is 14.5 Å². The average molecular weight is 500 g/mol. The van der Waals surface area contributed by atoms with Crippen LogP contribution in [0.3, 0.4) is 0 Å². The Morgan fingerprint density at radius 1 is 0.892 bits per heavy atom. The molecule has 1 aliphatic rings. The van der Waals surface area contributed by atoms with Gasteiger partial charge in [-0.25, -0.2) is 0 Å². The minimum Gasteiger partial charge on any atom is -0.507 e. The van der Waals surface area contributed by atoms with Crippen molar-refractivity contribution in [1.82, 2.24) is 0 Å². The third-order valence-electron chi connectivity index (χ3n) is 6.77. The number of hydrogen-bond donors (Lipinski definition) is 1. The number of carbonyl (C=O) groups excluding carboxylic acids is 2. The van der Waals surface area contributed by atoms with Gasteiger partial charge in [0.15, 0.2) is 0 Å². The summed E-state index contributed by atoms with van der Waals surface area (Å²) in [7, 11) is 3.09. The number of carbonyl (C=O) groups is 2. The van der Waals surface area contributed by atoms with Gasteiger partial charge in [0.2, 0.25) is 0 Å². The zero-order valence-electron chi connectivity index (χ0n) is 22.4. The number of ether oxygens (including phenoxy) is 2. The van der Waals surface area contributed by atoms with E-state index in [4.69, 9.17) is 9.47 Å². The van der Waals surface area contributed by atoms with Crippen molar-refractivity contribution in [3.63, 3.8) is 0 Å². The van der Waals surface area contributed by atoms with Gasteiger partial charge in [0, 0.05) is 5.69 Å². The van der Waals surface area contributed by atoms with Gasteiger partial charge in [0.25, 0.3) is 11.7 Å². The first-order valence-corrected chi connectivity index (χ1v) is 12.2. The average Bonchev–Trinajstić information content (AvgIpc) is 3.13. The molecule has 1 unspecified atom stereocenters. The van der Waals surface area contributed by atoms with Crippen LogP contribution in [0.4, 0.5) is 5.69 Å². The molecule has 0 saturated carbocycles. The number of anilines is 1. The molecule has 0 aromatic heterocycles. The zero-order chi connectivity index (χ0) is 27.1. The molecule has 0 aliphatic carbocycles. The van der Waals surface area contributed by atoms with Crippen LogP contribution in [0.25, 0.3) is 5.76 Å². The molecule has 1 amide bonds. The summed E-state index contributed by atoms with van der Waals surface area (Å²) in [5, 5.41) is 11.6. The van der Waals surface area contributed by atoms with Crippen LogP contribution in [-0.4, -0.2) is 31.0 Å². The molecule has 1 saturated heterocycles. The lowest BCUT2D eigenvalue weighted by Crippen LogP contribution is -2.29. The van der Waals surface area contributed by atoms with Gasteiger partial charge in [-0.2, -0.15) is 0 Å². The number of nitrogens with zero attached hydrogens (tertiary/aromatic N) is 1. The molecule has 0 spiro atoms. The molecule has 3 aromatic rings. The summed E-state index contributed by atoms with van der Waals surface area (Å²) in [4.78, 5) is 28.4. The number of aliphatic hydroxyl groups excluding tert-OH is 1. The predicted molar refractivity (Wildman–Crippen MR) is 145 cm³/mol. The van der Waals surface area contributed by atoms with Crippen molar-refractivity contribution in [2.75, 3.05) is 19.1 Å². The molecule has 6 nitrogen and oxygen atoms in total. The van der Waals surface area contributed by atoms with Crippen molar-refractivity contribution in [1.29, 1.82) is 0 Å². The summed E-state index contributed by atoms with van der Waals surface area (Å²) >= 11 is 0. The molecule has 1 atom stereocenters. The Morgan fingerprint density at radius 3 is 2.05 bits per heavy atom. The van der Waals surface area contributed by atoms with E-state index in [2.05, 4.69) is 20.8 Å². The fraction of sp³-hybridized carbons (Fsp3) is 0.290. The van der Waals surface area contributed by atoms with Crippen LogP contribution in [0.5, 0.6) is 11.5 Å². The maximum absolute atomic E-state index is 13.5. The number of aliphatic hydroxyl groups is 1. The summed E-state index contributed by atoms with van der Waals surface area (Å²) in [6, 6.07) is 17.7. The maximum Gasteiger partial charge on any atom is 0.300 e. The normalized spacial score (nSPS) is 17.3. The van der Waals surface area contributed by atoms with Gasteiger partial charge in [0.1, 0.15) is 17.3 Å². The van der Waals surface area contributed by atoms with Crippen LogP contribution in [0.2, 0.25) is 0 Å². The van der Waals surface area contributed by atoms with E-state index in [0.717, 1.165) is 16.7 Å². The Morgan fingerprint density at radius 2 is 1.51 bits per heavy atom. The SMILES string of the molecule is COc1ccc(N2C(=O)C(=O)/C(=C(/O)c3cc(C)cc(C)c3OC)C2c2ccc(C(C)(C)C)cc2)cc1. The number of benzene rings is 3.